The minimum absolute atomic E-state index is 0.000671. The van der Waals surface area contributed by atoms with Crippen molar-refractivity contribution in [3.63, 3.8) is 0 Å². The molecule has 2 aliphatic rings. The van der Waals surface area contributed by atoms with E-state index < -0.39 is 11.8 Å². The van der Waals surface area contributed by atoms with Crippen molar-refractivity contribution in [2.45, 2.75) is 25.2 Å². The number of rotatable bonds is 2. The van der Waals surface area contributed by atoms with Crippen LogP contribution in [0.4, 0.5) is 8.78 Å². The first-order chi connectivity index (χ1) is 7.04. The van der Waals surface area contributed by atoms with Crippen LogP contribution in [0, 0.1) is 11.8 Å². The minimum Gasteiger partial charge on any atom is -0.342 e. The van der Waals surface area contributed by atoms with E-state index in [-0.39, 0.29) is 37.1 Å². The van der Waals surface area contributed by atoms with E-state index in [1.54, 1.807) is 4.90 Å². The van der Waals surface area contributed by atoms with E-state index in [4.69, 9.17) is 11.6 Å². The van der Waals surface area contributed by atoms with Gasteiger partial charge in [-0.15, -0.1) is 11.6 Å². The molecule has 5 heteroatoms. The average Bonchev–Trinajstić information content (AvgIpc) is 2.68. The molecule has 0 aromatic rings. The van der Waals surface area contributed by atoms with E-state index in [9.17, 15) is 13.6 Å². The third-order valence-corrected chi connectivity index (χ3v) is 3.68. The van der Waals surface area contributed by atoms with Gasteiger partial charge in [-0.1, -0.05) is 0 Å². The SMILES string of the molecule is O=C(CCCl)N1C[C@@H]2CCC(F)(F)[C@H]2C1. The van der Waals surface area contributed by atoms with Gasteiger partial charge in [0.15, 0.2) is 0 Å². The molecule has 15 heavy (non-hydrogen) atoms. The second-order valence-electron chi connectivity index (χ2n) is 4.40. The normalized spacial score (nSPS) is 33.1. The van der Waals surface area contributed by atoms with Crippen molar-refractivity contribution in [1.82, 2.24) is 4.90 Å². The number of carbonyl (C=O) groups is 1. The van der Waals surface area contributed by atoms with E-state index in [0.717, 1.165) is 0 Å². The first kappa shape index (κ1) is 11.1. The van der Waals surface area contributed by atoms with Crippen molar-refractivity contribution < 1.29 is 13.6 Å². The monoisotopic (exact) mass is 237 g/mol. The van der Waals surface area contributed by atoms with Gasteiger partial charge in [-0.05, 0) is 12.3 Å². The highest BCUT2D eigenvalue weighted by Gasteiger charge is 2.54. The van der Waals surface area contributed by atoms with Gasteiger partial charge in [-0.25, -0.2) is 8.78 Å². The molecule has 0 aromatic heterocycles. The van der Waals surface area contributed by atoms with Crippen LogP contribution in [0.1, 0.15) is 19.3 Å². The van der Waals surface area contributed by atoms with Crippen molar-refractivity contribution in [3.8, 4) is 0 Å². The molecule has 1 saturated heterocycles. The maximum absolute atomic E-state index is 13.4. The summed E-state index contributed by atoms with van der Waals surface area (Å²) in [6.45, 7) is 0.712. The summed E-state index contributed by atoms with van der Waals surface area (Å²) in [6, 6.07) is 0. The topological polar surface area (TPSA) is 20.3 Å². The van der Waals surface area contributed by atoms with E-state index in [1.165, 1.54) is 0 Å². The number of carbonyl (C=O) groups excluding carboxylic acids is 1. The summed E-state index contributed by atoms with van der Waals surface area (Å²) in [4.78, 5) is 13.0. The van der Waals surface area contributed by atoms with Gasteiger partial charge < -0.3 is 4.90 Å². The molecule has 0 N–H and O–H groups in total. The van der Waals surface area contributed by atoms with E-state index in [2.05, 4.69) is 0 Å². The van der Waals surface area contributed by atoms with E-state index in [0.29, 0.717) is 13.0 Å². The minimum atomic E-state index is -2.57. The number of likely N-dealkylation sites (tertiary alicyclic amines) is 1. The molecule has 2 fully saturated rings. The molecule has 2 rings (SSSR count). The first-order valence-electron chi connectivity index (χ1n) is 5.26. The summed E-state index contributed by atoms with van der Waals surface area (Å²) < 4.78 is 26.7. The van der Waals surface area contributed by atoms with Gasteiger partial charge in [0.05, 0.1) is 0 Å². The van der Waals surface area contributed by atoms with Crippen LogP contribution in [0.5, 0.6) is 0 Å². The van der Waals surface area contributed by atoms with Crippen molar-refractivity contribution >= 4 is 17.5 Å². The summed E-state index contributed by atoms with van der Waals surface area (Å²) in [5.74, 6) is -3.01. The molecule has 2 atom stereocenters. The van der Waals surface area contributed by atoms with Gasteiger partial charge in [0.1, 0.15) is 0 Å². The van der Waals surface area contributed by atoms with E-state index >= 15 is 0 Å². The Kier molecular flexibility index (Phi) is 2.88. The number of hydrogen-bond acceptors (Lipinski definition) is 1. The number of hydrogen-bond donors (Lipinski definition) is 0. The molecule has 1 amide bonds. The lowest BCUT2D eigenvalue weighted by Gasteiger charge is -2.20. The quantitative estimate of drug-likeness (QED) is 0.674. The third-order valence-electron chi connectivity index (χ3n) is 3.49. The van der Waals surface area contributed by atoms with E-state index in [1.807, 2.05) is 0 Å². The number of fused-ring (bicyclic) bond motifs is 1. The number of nitrogens with zero attached hydrogens (tertiary/aromatic N) is 1. The molecular formula is C10H14ClF2NO. The molecule has 1 saturated carbocycles. The molecule has 1 aliphatic carbocycles. The maximum Gasteiger partial charge on any atom is 0.252 e. The Labute approximate surface area is 92.6 Å². The molecular weight excluding hydrogens is 224 g/mol. The zero-order chi connectivity index (χ0) is 11.1. The van der Waals surface area contributed by atoms with Gasteiger partial charge in [0.2, 0.25) is 5.91 Å². The van der Waals surface area contributed by atoms with Crippen LogP contribution in [-0.2, 0) is 4.79 Å². The van der Waals surface area contributed by atoms with Crippen molar-refractivity contribution in [3.05, 3.63) is 0 Å². The van der Waals surface area contributed by atoms with Crippen molar-refractivity contribution in [1.29, 1.82) is 0 Å². The fourth-order valence-corrected chi connectivity index (χ4v) is 2.81. The predicted molar refractivity (Wildman–Crippen MR) is 53.1 cm³/mol. The second-order valence-corrected chi connectivity index (χ2v) is 4.78. The number of amides is 1. The standard InChI is InChI=1S/C10H14ClF2NO/c11-4-2-9(15)14-5-7-1-3-10(12,13)8(7)6-14/h7-8H,1-6H2/t7-,8-/m0/s1. The Balaban J connectivity index is 1.98. The van der Waals surface area contributed by atoms with Crippen LogP contribution in [0.2, 0.25) is 0 Å². The Morgan fingerprint density at radius 3 is 2.80 bits per heavy atom. The molecule has 1 aliphatic heterocycles. The third kappa shape index (κ3) is 1.96. The van der Waals surface area contributed by atoms with Gasteiger partial charge in [0, 0.05) is 37.7 Å². The number of alkyl halides is 3. The molecule has 1 heterocycles. The molecule has 0 bridgehead atoms. The molecule has 86 valence electrons. The Bertz CT molecular complexity index is 272. The van der Waals surface area contributed by atoms with Gasteiger partial charge in [-0.2, -0.15) is 0 Å². The lowest BCUT2D eigenvalue weighted by atomic mass is 9.99. The average molecular weight is 238 g/mol. The lowest BCUT2D eigenvalue weighted by Crippen LogP contribution is -2.33. The van der Waals surface area contributed by atoms with Crippen LogP contribution in [-0.4, -0.2) is 35.7 Å². The van der Waals surface area contributed by atoms with Crippen LogP contribution in [0.25, 0.3) is 0 Å². The predicted octanol–water partition coefficient (Wildman–Crippen LogP) is 2.12. The maximum atomic E-state index is 13.4. The number of halogens is 3. The summed E-state index contributed by atoms with van der Waals surface area (Å²) in [7, 11) is 0. The van der Waals surface area contributed by atoms with Crippen LogP contribution in [0.15, 0.2) is 0 Å². The zero-order valence-electron chi connectivity index (χ0n) is 8.39. The highest BCUT2D eigenvalue weighted by molar-refractivity contribution is 6.18. The second kappa shape index (κ2) is 3.89. The molecule has 0 spiro atoms. The van der Waals surface area contributed by atoms with Crippen molar-refractivity contribution in [2.24, 2.45) is 11.8 Å². The van der Waals surface area contributed by atoms with Gasteiger partial charge >= 0.3 is 0 Å². The largest absolute Gasteiger partial charge is 0.342 e. The summed E-state index contributed by atoms with van der Waals surface area (Å²) in [5.41, 5.74) is 0. The summed E-state index contributed by atoms with van der Waals surface area (Å²) in [5, 5.41) is 0. The highest BCUT2D eigenvalue weighted by atomic mass is 35.5. The smallest absolute Gasteiger partial charge is 0.252 e. The van der Waals surface area contributed by atoms with Gasteiger partial charge in [0.25, 0.3) is 5.92 Å². The summed E-state index contributed by atoms with van der Waals surface area (Å²) in [6.07, 6.45) is 0.786. The molecule has 0 radical (unpaired) electrons. The van der Waals surface area contributed by atoms with Crippen LogP contribution >= 0.6 is 11.6 Å². The van der Waals surface area contributed by atoms with Gasteiger partial charge in [-0.3, -0.25) is 4.79 Å². The molecule has 0 aromatic carbocycles. The zero-order valence-corrected chi connectivity index (χ0v) is 9.14. The van der Waals surface area contributed by atoms with Crippen LogP contribution < -0.4 is 0 Å². The summed E-state index contributed by atoms with van der Waals surface area (Å²) >= 11 is 5.46. The Hall–Kier alpha value is -0.380. The van der Waals surface area contributed by atoms with Crippen LogP contribution in [0.3, 0.4) is 0 Å². The Morgan fingerprint density at radius 2 is 2.20 bits per heavy atom. The molecule has 2 nitrogen and oxygen atoms in total. The fraction of sp³-hybridized carbons (Fsp3) is 0.900. The Morgan fingerprint density at radius 1 is 1.47 bits per heavy atom. The first-order valence-corrected chi connectivity index (χ1v) is 5.79. The fourth-order valence-electron chi connectivity index (χ4n) is 2.65. The highest BCUT2D eigenvalue weighted by Crippen LogP contribution is 2.48. The van der Waals surface area contributed by atoms with Crippen molar-refractivity contribution in [2.75, 3.05) is 19.0 Å². The lowest BCUT2D eigenvalue weighted by molar-refractivity contribution is -0.130. The molecule has 0 unspecified atom stereocenters.